The first-order valence-corrected chi connectivity index (χ1v) is 9.46. The molecule has 6 nitrogen and oxygen atoms in total. The third kappa shape index (κ3) is 2.96. The van der Waals surface area contributed by atoms with Gasteiger partial charge in [0.05, 0.1) is 18.9 Å². The van der Waals surface area contributed by atoms with E-state index in [1.54, 1.807) is 18.0 Å². The number of benzene rings is 1. The van der Waals surface area contributed by atoms with Crippen molar-refractivity contribution in [2.45, 2.75) is 35.8 Å². The summed E-state index contributed by atoms with van der Waals surface area (Å²) in [6.07, 6.45) is 0.659. The molecule has 1 aliphatic rings. The Morgan fingerprint density at radius 2 is 2.17 bits per heavy atom. The molecule has 0 bridgehead atoms. The van der Waals surface area contributed by atoms with Crippen LogP contribution in [0.15, 0.2) is 41.7 Å². The van der Waals surface area contributed by atoms with Crippen molar-refractivity contribution >= 4 is 33.6 Å². The van der Waals surface area contributed by atoms with Gasteiger partial charge >= 0.3 is 0 Å². The fraction of sp³-hybridized carbons (Fsp3) is 0.375. The van der Waals surface area contributed by atoms with Gasteiger partial charge in [0.25, 0.3) is 0 Å². The van der Waals surface area contributed by atoms with Crippen molar-refractivity contribution in [2.24, 2.45) is 0 Å². The molecule has 0 saturated carbocycles. The van der Waals surface area contributed by atoms with Crippen LogP contribution in [-0.2, 0) is 10.5 Å². The molecule has 0 radical (unpaired) electrons. The molecule has 1 aliphatic heterocycles. The highest BCUT2D eigenvalue weighted by molar-refractivity contribution is 7.98. The van der Waals surface area contributed by atoms with Crippen LogP contribution in [0, 0.1) is 0 Å². The summed E-state index contributed by atoms with van der Waals surface area (Å²) >= 11 is 2.98. The molecule has 1 aromatic carbocycles. The first-order valence-electron chi connectivity index (χ1n) is 7.70. The van der Waals surface area contributed by atoms with Crippen LogP contribution in [0.3, 0.4) is 0 Å². The Morgan fingerprint density at radius 1 is 1.33 bits per heavy atom. The van der Waals surface area contributed by atoms with Crippen LogP contribution in [0.25, 0.3) is 10.3 Å². The van der Waals surface area contributed by atoms with Gasteiger partial charge in [0, 0.05) is 12.2 Å². The predicted octanol–water partition coefficient (Wildman–Crippen LogP) is 2.43. The van der Waals surface area contributed by atoms with E-state index in [9.17, 15) is 10.2 Å². The van der Waals surface area contributed by atoms with Crippen molar-refractivity contribution in [1.29, 1.82) is 0 Å². The molecule has 0 unspecified atom stereocenters. The average molecular weight is 363 g/mol. The van der Waals surface area contributed by atoms with Crippen LogP contribution in [0.4, 0.5) is 0 Å². The lowest BCUT2D eigenvalue weighted by molar-refractivity contribution is -0.0456. The summed E-state index contributed by atoms with van der Waals surface area (Å²) in [7, 11) is 0. The molecule has 2 N–H and O–H groups in total. The maximum Gasteiger partial charge on any atom is 0.172 e. The number of ether oxygens (including phenoxy) is 1. The number of hydrogen-bond donors (Lipinski definition) is 2. The van der Waals surface area contributed by atoms with Gasteiger partial charge in [-0.3, -0.25) is 4.57 Å². The van der Waals surface area contributed by atoms with E-state index in [1.807, 2.05) is 22.8 Å². The molecular formula is C16H17N3O3S2. The number of aromatic nitrogens is 3. The lowest BCUT2D eigenvalue weighted by atomic mass is 10.2. The van der Waals surface area contributed by atoms with E-state index < -0.39 is 12.2 Å². The predicted molar refractivity (Wildman–Crippen MR) is 93.0 cm³/mol. The van der Waals surface area contributed by atoms with E-state index in [2.05, 4.69) is 21.5 Å². The average Bonchev–Trinajstić information content (AvgIpc) is 3.27. The molecular weight excluding hydrogens is 346 g/mol. The van der Waals surface area contributed by atoms with Gasteiger partial charge in [0.15, 0.2) is 9.99 Å². The summed E-state index contributed by atoms with van der Waals surface area (Å²) in [5, 5.41) is 20.2. The first-order chi connectivity index (χ1) is 11.8. The minimum Gasteiger partial charge on any atom is -0.394 e. The fourth-order valence-electron chi connectivity index (χ4n) is 2.85. The fourth-order valence-corrected chi connectivity index (χ4v) is 4.54. The number of rotatable bonds is 5. The maximum atomic E-state index is 10.0. The first kappa shape index (κ1) is 16.0. The summed E-state index contributed by atoms with van der Waals surface area (Å²) in [5.74, 6) is 0.803. The zero-order chi connectivity index (χ0) is 16.5. The van der Waals surface area contributed by atoms with Gasteiger partial charge in [-0.1, -0.05) is 42.1 Å². The van der Waals surface area contributed by atoms with E-state index in [0.717, 1.165) is 21.3 Å². The number of aliphatic hydroxyl groups excluding tert-OH is 2. The van der Waals surface area contributed by atoms with E-state index in [4.69, 9.17) is 4.74 Å². The molecule has 2 aromatic heterocycles. The Kier molecular flexibility index (Phi) is 4.55. The zero-order valence-corrected chi connectivity index (χ0v) is 14.4. The second-order valence-electron chi connectivity index (χ2n) is 5.67. The van der Waals surface area contributed by atoms with Crippen molar-refractivity contribution in [1.82, 2.24) is 13.9 Å². The largest absolute Gasteiger partial charge is 0.394 e. The van der Waals surface area contributed by atoms with Crippen molar-refractivity contribution in [3.63, 3.8) is 0 Å². The second kappa shape index (κ2) is 6.81. The van der Waals surface area contributed by atoms with E-state index >= 15 is 0 Å². The van der Waals surface area contributed by atoms with Crippen LogP contribution in [0.5, 0.6) is 0 Å². The highest BCUT2D eigenvalue weighted by Gasteiger charge is 2.36. The third-order valence-corrected chi connectivity index (χ3v) is 5.79. The Balaban J connectivity index is 1.62. The second-order valence-corrected chi connectivity index (χ2v) is 7.39. The lowest BCUT2D eigenvalue weighted by Gasteiger charge is -2.16. The van der Waals surface area contributed by atoms with Crippen LogP contribution >= 0.6 is 23.3 Å². The lowest BCUT2D eigenvalue weighted by Crippen LogP contribution is -2.24. The number of fused-ring (bicyclic) bond motifs is 1. The van der Waals surface area contributed by atoms with Gasteiger partial charge in [0.1, 0.15) is 17.8 Å². The molecule has 8 heteroatoms. The number of hydrogen-bond acceptors (Lipinski definition) is 7. The summed E-state index contributed by atoms with van der Waals surface area (Å²) in [6, 6.07) is 10.2. The van der Waals surface area contributed by atoms with Crippen molar-refractivity contribution in [2.75, 3.05) is 6.61 Å². The summed E-state index contributed by atoms with van der Waals surface area (Å²) < 4.78 is 12.0. The van der Waals surface area contributed by atoms with Gasteiger partial charge in [-0.15, -0.1) is 0 Å². The SMILES string of the molecule is OC[C@H]1O[C@@H](n2c(SCc3ccccc3)nc3sncc32)C[C@@H]1O. The molecule has 24 heavy (non-hydrogen) atoms. The molecule has 0 amide bonds. The van der Waals surface area contributed by atoms with Crippen LogP contribution < -0.4 is 0 Å². The topological polar surface area (TPSA) is 80.4 Å². The quantitative estimate of drug-likeness (QED) is 0.678. The molecule has 1 fully saturated rings. The Hall–Kier alpha value is -1.45. The maximum absolute atomic E-state index is 10.0. The van der Waals surface area contributed by atoms with Crippen molar-refractivity contribution < 1.29 is 14.9 Å². The molecule has 0 spiro atoms. The zero-order valence-electron chi connectivity index (χ0n) is 12.8. The smallest absolute Gasteiger partial charge is 0.172 e. The Morgan fingerprint density at radius 3 is 2.92 bits per heavy atom. The number of thioether (sulfide) groups is 1. The molecule has 126 valence electrons. The Bertz CT molecular complexity index is 820. The standard InChI is InChI=1S/C16H17N3O3S2/c20-8-13-12(21)6-14(22-13)19-11-7-17-24-15(11)18-16(19)23-9-10-4-2-1-3-5-10/h1-5,7,12-14,20-21H,6,8-9H2/t12-,13+,14+/m0/s1. The number of imidazole rings is 1. The van der Waals surface area contributed by atoms with Gasteiger partial charge in [0.2, 0.25) is 0 Å². The Labute approximate surface area is 147 Å². The minimum atomic E-state index is -0.670. The molecule has 4 rings (SSSR count). The molecule has 0 aliphatic carbocycles. The normalized spacial score (nSPS) is 24.0. The summed E-state index contributed by atoms with van der Waals surface area (Å²) in [5.41, 5.74) is 2.13. The highest BCUT2D eigenvalue weighted by atomic mass is 32.2. The van der Waals surface area contributed by atoms with Crippen LogP contribution in [0.1, 0.15) is 18.2 Å². The van der Waals surface area contributed by atoms with E-state index in [-0.39, 0.29) is 12.8 Å². The third-order valence-electron chi connectivity index (χ3n) is 4.08. The van der Waals surface area contributed by atoms with Gasteiger partial charge in [-0.25, -0.2) is 4.98 Å². The molecule has 3 aromatic rings. The van der Waals surface area contributed by atoms with Crippen LogP contribution in [-0.4, -0.2) is 43.0 Å². The van der Waals surface area contributed by atoms with Crippen molar-refractivity contribution in [3.8, 4) is 0 Å². The van der Waals surface area contributed by atoms with Gasteiger partial charge in [-0.05, 0) is 17.1 Å². The number of aliphatic hydroxyl groups is 2. The minimum absolute atomic E-state index is 0.191. The monoisotopic (exact) mass is 363 g/mol. The summed E-state index contributed by atoms with van der Waals surface area (Å²) in [4.78, 5) is 5.52. The molecule has 1 saturated heterocycles. The van der Waals surface area contributed by atoms with Crippen molar-refractivity contribution in [3.05, 3.63) is 42.1 Å². The summed E-state index contributed by atoms with van der Waals surface area (Å²) in [6.45, 7) is -0.191. The van der Waals surface area contributed by atoms with E-state index in [1.165, 1.54) is 17.1 Å². The molecule has 3 atom stereocenters. The van der Waals surface area contributed by atoms with Gasteiger partial charge in [-0.2, -0.15) is 4.37 Å². The van der Waals surface area contributed by atoms with Gasteiger partial charge < -0.3 is 14.9 Å². The number of nitrogens with zero attached hydrogens (tertiary/aromatic N) is 3. The van der Waals surface area contributed by atoms with E-state index in [0.29, 0.717) is 6.42 Å². The highest BCUT2D eigenvalue weighted by Crippen LogP contribution is 2.37. The van der Waals surface area contributed by atoms with Crippen LogP contribution in [0.2, 0.25) is 0 Å². The molecule has 3 heterocycles.